The molecule has 2 heterocycles. The number of rotatable bonds is 5. The minimum Gasteiger partial charge on any atom is -0.454 e. The Morgan fingerprint density at radius 2 is 2.33 bits per heavy atom. The Hall–Kier alpha value is -2.21. The lowest BCUT2D eigenvalue weighted by Gasteiger charge is -2.07. The molecule has 1 amide bonds. The maximum Gasteiger partial charge on any atom is 0.251 e. The third-order valence-electron chi connectivity index (χ3n) is 3.10. The molecule has 1 aromatic carbocycles. The zero-order chi connectivity index (χ0) is 14.7. The van der Waals surface area contributed by atoms with Crippen LogP contribution in [-0.4, -0.2) is 29.0 Å². The van der Waals surface area contributed by atoms with Gasteiger partial charge in [0.2, 0.25) is 6.79 Å². The molecule has 0 fully saturated rings. The number of nitrogens with one attached hydrogen (secondary N) is 1. The van der Waals surface area contributed by atoms with Gasteiger partial charge in [0, 0.05) is 31.0 Å². The number of carbonyl (C=O) groups is 1. The molecule has 0 bridgehead atoms. The largest absolute Gasteiger partial charge is 0.454 e. The average molecular weight is 308 g/mol. The molecular weight excluding hydrogens is 294 g/mol. The third-order valence-corrected chi connectivity index (χ3v) is 3.38. The topological polar surface area (TPSA) is 65.4 Å². The number of aryl methyl sites for hydroxylation is 1. The van der Waals surface area contributed by atoms with Crippen LogP contribution in [0, 0.1) is 0 Å². The van der Waals surface area contributed by atoms with Gasteiger partial charge in [-0.3, -0.25) is 9.48 Å². The van der Waals surface area contributed by atoms with Gasteiger partial charge in [-0.1, -0.05) is 11.6 Å². The van der Waals surface area contributed by atoms with Crippen molar-refractivity contribution in [3.63, 3.8) is 0 Å². The molecule has 0 unspecified atom stereocenters. The number of ether oxygens (including phenoxy) is 2. The van der Waals surface area contributed by atoms with Gasteiger partial charge < -0.3 is 14.8 Å². The van der Waals surface area contributed by atoms with Crippen molar-refractivity contribution in [1.29, 1.82) is 0 Å². The highest BCUT2D eigenvalue weighted by Gasteiger charge is 2.20. The molecular formula is C14H14ClN3O3. The van der Waals surface area contributed by atoms with Crippen molar-refractivity contribution in [1.82, 2.24) is 15.1 Å². The fourth-order valence-corrected chi connectivity index (χ4v) is 2.34. The van der Waals surface area contributed by atoms with Gasteiger partial charge in [-0.25, -0.2) is 0 Å². The van der Waals surface area contributed by atoms with Crippen LogP contribution < -0.4 is 14.8 Å². The van der Waals surface area contributed by atoms with Crippen LogP contribution in [0.5, 0.6) is 11.5 Å². The number of carbonyl (C=O) groups excluding carboxylic acids is 1. The highest BCUT2D eigenvalue weighted by Crippen LogP contribution is 2.39. The third kappa shape index (κ3) is 3.11. The van der Waals surface area contributed by atoms with Crippen LogP contribution in [0.15, 0.2) is 30.6 Å². The Kier molecular flexibility index (Phi) is 3.96. The highest BCUT2D eigenvalue weighted by atomic mass is 35.5. The molecule has 1 aromatic heterocycles. The fourth-order valence-electron chi connectivity index (χ4n) is 2.08. The number of nitrogens with zero attached hydrogens (tertiary/aromatic N) is 2. The Labute approximate surface area is 126 Å². The molecule has 0 radical (unpaired) electrons. The van der Waals surface area contributed by atoms with Gasteiger partial charge in [0.25, 0.3) is 5.91 Å². The van der Waals surface area contributed by atoms with Crippen LogP contribution in [0.25, 0.3) is 0 Å². The number of amides is 1. The van der Waals surface area contributed by atoms with Crippen molar-refractivity contribution in [2.24, 2.45) is 0 Å². The first-order chi connectivity index (χ1) is 10.2. The van der Waals surface area contributed by atoms with Gasteiger partial charge in [0.15, 0.2) is 11.5 Å². The van der Waals surface area contributed by atoms with Gasteiger partial charge in [-0.15, -0.1) is 0 Å². The van der Waals surface area contributed by atoms with E-state index in [1.807, 2.05) is 16.9 Å². The normalized spacial score (nSPS) is 12.4. The van der Waals surface area contributed by atoms with Crippen molar-refractivity contribution in [2.45, 2.75) is 13.0 Å². The van der Waals surface area contributed by atoms with E-state index in [0.717, 1.165) is 13.0 Å². The average Bonchev–Trinajstić information content (AvgIpc) is 3.14. The van der Waals surface area contributed by atoms with E-state index in [1.54, 1.807) is 18.3 Å². The zero-order valence-electron chi connectivity index (χ0n) is 11.2. The van der Waals surface area contributed by atoms with E-state index in [2.05, 4.69) is 10.4 Å². The number of fused-ring (bicyclic) bond motifs is 1. The van der Waals surface area contributed by atoms with E-state index in [9.17, 15) is 4.79 Å². The summed E-state index contributed by atoms with van der Waals surface area (Å²) in [6, 6.07) is 5.09. The predicted octanol–water partition coefficient (Wildman–Crippen LogP) is 2.09. The van der Waals surface area contributed by atoms with Gasteiger partial charge >= 0.3 is 0 Å². The van der Waals surface area contributed by atoms with E-state index in [0.29, 0.717) is 28.6 Å². The Balaban J connectivity index is 1.55. The molecule has 110 valence electrons. The molecule has 3 rings (SSSR count). The van der Waals surface area contributed by atoms with Crippen molar-refractivity contribution in [2.75, 3.05) is 13.3 Å². The van der Waals surface area contributed by atoms with E-state index < -0.39 is 0 Å². The molecule has 0 atom stereocenters. The predicted molar refractivity (Wildman–Crippen MR) is 76.8 cm³/mol. The summed E-state index contributed by atoms with van der Waals surface area (Å²) in [5.74, 6) is 0.812. The first-order valence-corrected chi connectivity index (χ1v) is 6.96. The molecule has 6 nitrogen and oxygen atoms in total. The first kappa shape index (κ1) is 13.8. The van der Waals surface area contributed by atoms with E-state index in [-0.39, 0.29) is 12.7 Å². The molecule has 0 spiro atoms. The Morgan fingerprint density at radius 3 is 3.14 bits per heavy atom. The second kappa shape index (κ2) is 6.05. The van der Waals surface area contributed by atoms with Gasteiger partial charge in [-0.2, -0.15) is 5.10 Å². The Bertz CT molecular complexity index is 643. The van der Waals surface area contributed by atoms with Crippen molar-refractivity contribution in [3.8, 4) is 11.5 Å². The number of aromatic nitrogens is 2. The Morgan fingerprint density at radius 1 is 1.43 bits per heavy atom. The summed E-state index contributed by atoms with van der Waals surface area (Å²) in [5, 5.41) is 7.32. The van der Waals surface area contributed by atoms with Crippen LogP contribution in [0.1, 0.15) is 16.8 Å². The highest BCUT2D eigenvalue weighted by molar-refractivity contribution is 6.32. The van der Waals surface area contributed by atoms with Crippen LogP contribution >= 0.6 is 11.6 Å². The second-order valence-electron chi connectivity index (χ2n) is 4.57. The summed E-state index contributed by atoms with van der Waals surface area (Å²) in [4.78, 5) is 12.1. The lowest BCUT2D eigenvalue weighted by atomic mass is 10.2. The van der Waals surface area contributed by atoms with Crippen molar-refractivity contribution < 1.29 is 14.3 Å². The van der Waals surface area contributed by atoms with Crippen LogP contribution in [0.4, 0.5) is 0 Å². The summed E-state index contributed by atoms with van der Waals surface area (Å²) >= 11 is 6.05. The molecule has 0 aliphatic carbocycles. The number of hydrogen-bond donors (Lipinski definition) is 1. The minimum absolute atomic E-state index is 0.129. The lowest BCUT2D eigenvalue weighted by Crippen LogP contribution is -2.25. The summed E-state index contributed by atoms with van der Waals surface area (Å²) in [6.07, 6.45) is 4.42. The monoisotopic (exact) mass is 307 g/mol. The molecule has 1 aliphatic heterocycles. The number of hydrogen-bond acceptors (Lipinski definition) is 4. The van der Waals surface area contributed by atoms with Crippen LogP contribution in [0.3, 0.4) is 0 Å². The zero-order valence-corrected chi connectivity index (χ0v) is 12.0. The van der Waals surface area contributed by atoms with E-state index in [4.69, 9.17) is 21.1 Å². The second-order valence-corrected chi connectivity index (χ2v) is 4.98. The van der Waals surface area contributed by atoms with Gasteiger partial charge in [0.1, 0.15) is 0 Å². The summed E-state index contributed by atoms with van der Waals surface area (Å²) in [7, 11) is 0. The quantitative estimate of drug-likeness (QED) is 0.859. The fraction of sp³-hybridized carbons (Fsp3) is 0.286. The maximum atomic E-state index is 12.1. The SMILES string of the molecule is O=C(NCCCn1cccn1)c1cc(Cl)c2c(c1)OCO2. The molecule has 7 heteroatoms. The molecule has 2 aromatic rings. The standard InChI is InChI=1S/C14H14ClN3O3/c15-11-7-10(8-12-13(11)21-9-20-12)14(19)16-3-1-5-18-6-2-4-17-18/h2,4,6-8H,1,3,5,9H2,(H,16,19). The lowest BCUT2D eigenvalue weighted by molar-refractivity contribution is 0.0952. The number of benzene rings is 1. The van der Waals surface area contributed by atoms with E-state index >= 15 is 0 Å². The summed E-state index contributed by atoms with van der Waals surface area (Å²) < 4.78 is 12.3. The molecule has 0 saturated carbocycles. The van der Waals surface area contributed by atoms with Crippen LogP contribution in [0.2, 0.25) is 5.02 Å². The smallest absolute Gasteiger partial charge is 0.251 e. The molecule has 1 aliphatic rings. The van der Waals surface area contributed by atoms with Crippen LogP contribution in [-0.2, 0) is 6.54 Å². The molecule has 0 saturated heterocycles. The minimum atomic E-state index is -0.185. The summed E-state index contributed by atoms with van der Waals surface area (Å²) in [5.41, 5.74) is 0.461. The molecule has 1 N–H and O–H groups in total. The summed E-state index contributed by atoms with van der Waals surface area (Å²) in [6.45, 7) is 1.45. The van der Waals surface area contributed by atoms with Crippen molar-refractivity contribution >= 4 is 17.5 Å². The van der Waals surface area contributed by atoms with Gasteiger partial charge in [0.05, 0.1) is 5.02 Å². The maximum absolute atomic E-state index is 12.1. The number of halogens is 1. The van der Waals surface area contributed by atoms with Gasteiger partial charge in [-0.05, 0) is 24.6 Å². The molecule has 21 heavy (non-hydrogen) atoms. The van der Waals surface area contributed by atoms with Crippen molar-refractivity contribution in [3.05, 3.63) is 41.2 Å². The first-order valence-electron chi connectivity index (χ1n) is 6.59. The van der Waals surface area contributed by atoms with E-state index in [1.165, 1.54) is 0 Å².